The number of nitrogens with one attached hydrogen (secondary N) is 2. The zero-order valence-electron chi connectivity index (χ0n) is 16.6. The van der Waals surface area contributed by atoms with E-state index in [4.69, 9.17) is 4.74 Å². The van der Waals surface area contributed by atoms with Crippen molar-refractivity contribution in [1.29, 1.82) is 0 Å². The van der Waals surface area contributed by atoms with Crippen LogP contribution < -0.4 is 10.6 Å². The minimum absolute atomic E-state index is 0.181. The van der Waals surface area contributed by atoms with Crippen molar-refractivity contribution in [3.8, 4) is 0 Å². The lowest BCUT2D eigenvalue weighted by Crippen LogP contribution is -2.29. The van der Waals surface area contributed by atoms with Gasteiger partial charge in [0.2, 0.25) is 5.91 Å². The van der Waals surface area contributed by atoms with Gasteiger partial charge in [0.05, 0.1) is 11.2 Å². The fraction of sp³-hybridized carbons (Fsp3) is 0.130. The quantitative estimate of drug-likeness (QED) is 0.482. The first-order valence-electron chi connectivity index (χ1n) is 9.34. The van der Waals surface area contributed by atoms with Gasteiger partial charge in [0.1, 0.15) is 0 Å². The van der Waals surface area contributed by atoms with Crippen molar-refractivity contribution in [1.82, 2.24) is 4.98 Å². The number of carbonyl (C=O) groups excluding carboxylic acids is 3. The van der Waals surface area contributed by atoms with Crippen LogP contribution in [0.25, 0.3) is 17.0 Å². The molecular weight excluding hydrogens is 382 g/mol. The van der Waals surface area contributed by atoms with Crippen LogP contribution in [-0.4, -0.2) is 28.9 Å². The zero-order chi connectivity index (χ0) is 21.5. The zero-order valence-corrected chi connectivity index (χ0v) is 16.6. The number of para-hydroxylation sites is 1. The summed E-state index contributed by atoms with van der Waals surface area (Å²) in [7, 11) is 0. The molecule has 7 nitrogen and oxygen atoms in total. The van der Waals surface area contributed by atoms with E-state index in [1.54, 1.807) is 36.4 Å². The Bertz CT molecular complexity index is 1110. The van der Waals surface area contributed by atoms with E-state index in [1.165, 1.54) is 19.9 Å². The lowest BCUT2D eigenvalue weighted by molar-refractivity contribution is -0.148. The maximum Gasteiger partial charge on any atom is 0.331 e. The Hall–Kier alpha value is -4.00. The number of pyridine rings is 1. The van der Waals surface area contributed by atoms with E-state index in [-0.39, 0.29) is 5.91 Å². The third kappa shape index (κ3) is 5.75. The first-order chi connectivity index (χ1) is 14.4. The molecule has 0 aliphatic heterocycles. The first-order valence-corrected chi connectivity index (χ1v) is 9.34. The average molecular weight is 403 g/mol. The van der Waals surface area contributed by atoms with Gasteiger partial charge in [-0.05, 0) is 49.4 Å². The Morgan fingerprint density at radius 3 is 2.30 bits per heavy atom. The van der Waals surface area contributed by atoms with Crippen LogP contribution in [0.5, 0.6) is 0 Å². The van der Waals surface area contributed by atoms with Gasteiger partial charge in [-0.25, -0.2) is 9.78 Å². The monoisotopic (exact) mass is 403 g/mol. The molecule has 0 aliphatic rings. The molecule has 0 fully saturated rings. The van der Waals surface area contributed by atoms with Crippen LogP contribution in [0, 0.1) is 0 Å². The summed E-state index contributed by atoms with van der Waals surface area (Å²) in [6.07, 6.45) is 1.80. The van der Waals surface area contributed by atoms with E-state index in [2.05, 4.69) is 15.6 Å². The number of rotatable bonds is 6. The van der Waals surface area contributed by atoms with Gasteiger partial charge < -0.3 is 15.4 Å². The summed E-state index contributed by atoms with van der Waals surface area (Å²) in [5, 5.41) is 6.30. The molecule has 0 spiro atoms. The molecule has 3 rings (SSSR count). The van der Waals surface area contributed by atoms with Gasteiger partial charge >= 0.3 is 5.97 Å². The van der Waals surface area contributed by atoms with Crippen LogP contribution in [0.15, 0.2) is 66.7 Å². The molecule has 0 radical (unpaired) electrons. The largest absolute Gasteiger partial charge is 0.449 e. The molecule has 1 heterocycles. The molecule has 2 aromatic carbocycles. The predicted molar refractivity (Wildman–Crippen MR) is 116 cm³/mol. The summed E-state index contributed by atoms with van der Waals surface area (Å²) in [4.78, 5) is 39.7. The molecular formula is C23H21N3O4. The molecule has 7 heteroatoms. The molecule has 3 aromatic rings. The van der Waals surface area contributed by atoms with Crippen LogP contribution in [0.3, 0.4) is 0 Å². The number of carbonyl (C=O) groups is 3. The third-order valence-corrected chi connectivity index (χ3v) is 4.15. The number of anilines is 2. The van der Waals surface area contributed by atoms with Gasteiger partial charge in [0.25, 0.3) is 5.91 Å². The normalized spacial score (nSPS) is 11.8. The van der Waals surface area contributed by atoms with Crippen LogP contribution in [0.4, 0.5) is 11.4 Å². The van der Waals surface area contributed by atoms with Gasteiger partial charge in [-0.1, -0.05) is 24.3 Å². The number of esters is 1. The Labute approximate surface area is 173 Å². The molecule has 0 aliphatic carbocycles. The highest BCUT2D eigenvalue weighted by molar-refractivity contribution is 5.97. The molecule has 1 atom stereocenters. The fourth-order valence-corrected chi connectivity index (χ4v) is 2.68. The number of benzene rings is 2. The van der Waals surface area contributed by atoms with Gasteiger partial charge in [0, 0.05) is 29.8 Å². The van der Waals surface area contributed by atoms with Crippen molar-refractivity contribution >= 4 is 46.1 Å². The van der Waals surface area contributed by atoms with Gasteiger partial charge in [0.15, 0.2) is 6.10 Å². The summed E-state index contributed by atoms with van der Waals surface area (Å²) < 4.78 is 5.15. The van der Waals surface area contributed by atoms with Crippen LogP contribution in [0.2, 0.25) is 0 Å². The van der Waals surface area contributed by atoms with Crippen molar-refractivity contribution in [3.63, 3.8) is 0 Å². The summed E-state index contributed by atoms with van der Waals surface area (Å²) in [5.41, 5.74) is 2.58. The van der Waals surface area contributed by atoms with E-state index >= 15 is 0 Å². The molecule has 152 valence electrons. The highest BCUT2D eigenvalue weighted by atomic mass is 16.5. The van der Waals surface area contributed by atoms with Gasteiger partial charge in [-0.3, -0.25) is 9.59 Å². The Kier molecular flexibility index (Phi) is 6.54. The third-order valence-electron chi connectivity index (χ3n) is 4.15. The molecule has 0 saturated carbocycles. The average Bonchev–Trinajstić information content (AvgIpc) is 2.73. The second-order valence-corrected chi connectivity index (χ2v) is 6.59. The molecule has 0 saturated heterocycles. The molecule has 2 amide bonds. The molecule has 0 bridgehead atoms. The van der Waals surface area contributed by atoms with Crippen LogP contribution >= 0.6 is 0 Å². The molecule has 30 heavy (non-hydrogen) atoms. The Morgan fingerprint density at radius 1 is 0.933 bits per heavy atom. The summed E-state index contributed by atoms with van der Waals surface area (Å²) in [6, 6.07) is 18.0. The second kappa shape index (κ2) is 9.47. The number of fused-ring (bicyclic) bond motifs is 1. The predicted octanol–water partition coefficient (Wildman–Crippen LogP) is 3.78. The van der Waals surface area contributed by atoms with Gasteiger partial charge in [-0.15, -0.1) is 0 Å². The Balaban J connectivity index is 1.54. The number of hydrogen-bond donors (Lipinski definition) is 2. The second-order valence-electron chi connectivity index (χ2n) is 6.59. The van der Waals surface area contributed by atoms with E-state index in [0.717, 1.165) is 10.9 Å². The minimum atomic E-state index is -0.985. The first kappa shape index (κ1) is 20.7. The number of nitrogens with zero attached hydrogens (tertiary/aromatic N) is 1. The molecule has 1 aromatic heterocycles. The van der Waals surface area contributed by atoms with Crippen molar-refractivity contribution in [2.24, 2.45) is 0 Å². The van der Waals surface area contributed by atoms with Crippen LogP contribution in [-0.2, 0) is 19.1 Å². The number of amides is 2. The SMILES string of the molecule is CC(=O)Nc1ccc(NC(=O)C(C)OC(=O)/C=C/c2ccc3ccccc3n2)cc1. The van der Waals surface area contributed by atoms with E-state index in [0.29, 0.717) is 17.1 Å². The van der Waals surface area contributed by atoms with E-state index in [1.807, 2.05) is 30.3 Å². The minimum Gasteiger partial charge on any atom is -0.449 e. The van der Waals surface area contributed by atoms with Crippen molar-refractivity contribution in [3.05, 3.63) is 72.4 Å². The highest BCUT2D eigenvalue weighted by Gasteiger charge is 2.16. The van der Waals surface area contributed by atoms with E-state index in [9.17, 15) is 14.4 Å². The highest BCUT2D eigenvalue weighted by Crippen LogP contribution is 2.15. The number of hydrogen-bond acceptors (Lipinski definition) is 5. The van der Waals surface area contributed by atoms with Gasteiger partial charge in [-0.2, -0.15) is 0 Å². The lowest BCUT2D eigenvalue weighted by Gasteiger charge is -2.12. The van der Waals surface area contributed by atoms with Crippen molar-refractivity contribution < 1.29 is 19.1 Å². The summed E-state index contributed by atoms with van der Waals surface area (Å²) in [5.74, 6) is -1.29. The standard InChI is InChI=1S/C23H21N3O4/c1-15(23(29)26-20-11-9-18(10-12-20)24-16(2)27)30-22(28)14-13-19-8-7-17-5-3-4-6-21(17)25-19/h3-15H,1-2H3,(H,24,27)(H,26,29)/b14-13+. The number of aromatic nitrogens is 1. The van der Waals surface area contributed by atoms with E-state index < -0.39 is 18.0 Å². The smallest absolute Gasteiger partial charge is 0.331 e. The fourth-order valence-electron chi connectivity index (χ4n) is 2.68. The maximum absolute atomic E-state index is 12.2. The molecule has 1 unspecified atom stereocenters. The van der Waals surface area contributed by atoms with Crippen molar-refractivity contribution in [2.45, 2.75) is 20.0 Å². The summed E-state index contributed by atoms with van der Waals surface area (Å²) >= 11 is 0. The van der Waals surface area contributed by atoms with Crippen LogP contribution in [0.1, 0.15) is 19.5 Å². The van der Waals surface area contributed by atoms with Crippen molar-refractivity contribution in [2.75, 3.05) is 10.6 Å². The maximum atomic E-state index is 12.2. The Morgan fingerprint density at radius 2 is 1.60 bits per heavy atom. The lowest BCUT2D eigenvalue weighted by atomic mass is 10.2. The number of ether oxygens (including phenoxy) is 1. The summed E-state index contributed by atoms with van der Waals surface area (Å²) in [6.45, 7) is 2.90. The topological polar surface area (TPSA) is 97.4 Å². The molecule has 2 N–H and O–H groups in total.